The number of carbonyl (C=O) groups excluding carboxylic acids is 1. The van der Waals surface area contributed by atoms with Gasteiger partial charge in [0, 0.05) is 11.6 Å². The molecule has 3 aromatic carbocycles. The van der Waals surface area contributed by atoms with E-state index in [1.807, 2.05) is 19.1 Å². The maximum atomic E-state index is 12.3. The number of carbonyl (C=O) groups is 1. The molecule has 2 aliphatic carbocycles. The van der Waals surface area contributed by atoms with E-state index >= 15 is 0 Å². The van der Waals surface area contributed by atoms with Gasteiger partial charge in [0.2, 0.25) is 0 Å². The Labute approximate surface area is 176 Å². The highest BCUT2D eigenvalue weighted by Gasteiger charge is 2.39. The summed E-state index contributed by atoms with van der Waals surface area (Å²) in [6.07, 6.45) is 7.99. The zero-order valence-corrected chi connectivity index (χ0v) is 17.2. The number of allylic oxidation sites excluding steroid dienone is 2. The van der Waals surface area contributed by atoms with Gasteiger partial charge >= 0.3 is 5.97 Å². The number of esters is 1. The molecule has 30 heavy (non-hydrogen) atoms. The first kappa shape index (κ1) is 17.8. The van der Waals surface area contributed by atoms with Gasteiger partial charge in [0.1, 0.15) is 0 Å². The number of hydrogen-bond acceptors (Lipinski definition) is 3. The number of ether oxygens (including phenoxy) is 1. The average Bonchev–Trinajstić information content (AvgIpc) is 3.42. The summed E-state index contributed by atoms with van der Waals surface area (Å²) in [4.78, 5) is 12.3. The van der Waals surface area contributed by atoms with Gasteiger partial charge < -0.3 is 10.1 Å². The van der Waals surface area contributed by atoms with Gasteiger partial charge in [-0.1, -0.05) is 42.5 Å². The maximum Gasteiger partial charge on any atom is 0.338 e. The molecule has 3 aromatic rings. The molecule has 1 aliphatic heterocycles. The number of aryl methyl sites for hydroxylation is 2. The summed E-state index contributed by atoms with van der Waals surface area (Å²) in [6, 6.07) is 17.7. The van der Waals surface area contributed by atoms with Gasteiger partial charge in [-0.3, -0.25) is 0 Å². The Hall–Kier alpha value is -3.07. The van der Waals surface area contributed by atoms with Crippen molar-refractivity contribution in [2.45, 2.75) is 38.1 Å². The van der Waals surface area contributed by atoms with Crippen molar-refractivity contribution in [1.82, 2.24) is 0 Å². The van der Waals surface area contributed by atoms with Crippen molar-refractivity contribution in [3.63, 3.8) is 0 Å². The molecular weight excluding hydrogens is 370 g/mol. The van der Waals surface area contributed by atoms with Crippen LogP contribution in [-0.2, 0) is 17.6 Å². The van der Waals surface area contributed by atoms with Crippen LogP contribution in [0.5, 0.6) is 0 Å². The van der Waals surface area contributed by atoms with Crippen molar-refractivity contribution in [3.8, 4) is 0 Å². The van der Waals surface area contributed by atoms with E-state index in [-0.39, 0.29) is 12.0 Å². The summed E-state index contributed by atoms with van der Waals surface area (Å²) in [5.41, 5.74) is 7.35. The molecule has 0 fully saturated rings. The van der Waals surface area contributed by atoms with Gasteiger partial charge in [-0.05, 0) is 83.3 Å². The second kappa shape index (κ2) is 6.73. The summed E-state index contributed by atoms with van der Waals surface area (Å²) < 4.78 is 5.22. The Morgan fingerprint density at radius 2 is 1.93 bits per heavy atom. The fraction of sp³-hybridized carbons (Fsp3) is 0.296. The van der Waals surface area contributed by atoms with Gasteiger partial charge in [-0.25, -0.2) is 4.79 Å². The van der Waals surface area contributed by atoms with Crippen LogP contribution in [0, 0.1) is 5.92 Å². The normalized spacial score (nSPS) is 23.2. The highest BCUT2D eigenvalue weighted by molar-refractivity contribution is 5.94. The molecule has 6 rings (SSSR count). The molecule has 3 heteroatoms. The van der Waals surface area contributed by atoms with Crippen molar-refractivity contribution >= 4 is 22.4 Å². The minimum atomic E-state index is -0.242. The molecule has 0 saturated carbocycles. The quantitative estimate of drug-likeness (QED) is 0.440. The third-order valence-electron chi connectivity index (χ3n) is 7.12. The summed E-state index contributed by atoms with van der Waals surface area (Å²) >= 11 is 0. The fourth-order valence-corrected chi connectivity index (χ4v) is 5.78. The predicted molar refractivity (Wildman–Crippen MR) is 120 cm³/mol. The van der Waals surface area contributed by atoms with E-state index in [0.29, 0.717) is 24.0 Å². The lowest BCUT2D eigenvalue weighted by Gasteiger charge is -2.38. The van der Waals surface area contributed by atoms with Gasteiger partial charge in [0.25, 0.3) is 0 Å². The maximum absolute atomic E-state index is 12.3. The van der Waals surface area contributed by atoms with E-state index in [1.54, 1.807) is 0 Å². The molecule has 0 aromatic heterocycles. The van der Waals surface area contributed by atoms with Crippen LogP contribution in [-0.4, -0.2) is 12.6 Å². The lowest BCUT2D eigenvalue weighted by atomic mass is 9.75. The van der Waals surface area contributed by atoms with E-state index in [1.165, 1.54) is 33.0 Å². The van der Waals surface area contributed by atoms with Crippen molar-refractivity contribution in [2.24, 2.45) is 5.92 Å². The largest absolute Gasteiger partial charge is 0.462 e. The number of hydrogen-bond donors (Lipinski definition) is 1. The standard InChI is InChI=1S/C27H25NO2/c1-2-30-27(29)18-12-14-24-23(15-18)19-6-4-8-21(19)26(28-24)22-13-11-17-10-9-16-5-3-7-20(22)25(16)17/h3-7,11-15,19,21,26,28H,2,8-10H2,1H3/t19-,21+,26-/m1/s1. The Morgan fingerprint density at radius 1 is 1.07 bits per heavy atom. The van der Waals surface area contributed by atoms with Crippen molar-refractivity contribution < 1.29 is 9.53 Å². The topological polar surface area (TPSA) is 38.3 Å². The van der Waals surface area contributed by atoms with E-state index in [0.717, 1.165) is 24.9 Å². The smallest absolute Gasteiger partial charge is 0.338 e. The zero-order chi connectivity index (χ0) is 20.2. The minimum Gasteiger partial charge on any atom is -0.462 e. The number of fused-ring (bicyclic) bond motifs is 3. The third kappa shape index (κ3) is 2.54. The number of rotatable bonds is 3. The molecule has 3 nitrogen and oxygen atoms in total. The van der Waals surface area contributed by atoms with Crippen LogP contribution in [0.3, 0.4) is 0 Å². The van der Waals surface area contributed by atoms with Crippen LogP contribution in [0.25, 0.3) is 10.8 Å². The molecule has 1 heterocycles. The molecule has 150 valence electrons. The number of benzene rings is 3. The Kier molecular flexibility index (Phi) is 3.98. The SMILES string of the molecule is CCOC(=O)c1ccc2c(c1)[C@@H]1C=CC[C@@H]1[C@H](c1ccc3c4c(cccc14)CC3)N2. The van der Waals surface area contributed by atoms with Gasteiger partial charge in [0.05, 0.1) is 18.2 Å². The Balaban J connectivity index is 1.45. The molecule has 0 bridgehead atoms. The summed E-state index contributed by atoms with van der Waals surface area (Å²) in [7, 11) is 0. The monoisotopic (exact) mass is 395 g/mol. The van der Waals surface area contributed by atoms with Crippen LogP contribution >= 0.6 is 0 Å². The van der Waals surface area contributed by atoms with Crippen LogP contribution in [0.4, 0.5) is 5.69 Å². The predicted octanol–water partition coefficient (Wildman–Crippen LogP) is 5.94. The molecular formula is C27H25NO2. The van der Waals surface area contributed by atoms with Crippen LogP contribution in [0.15, 0.2) is 60.7 Å². The number of anilines is 1. The lowest BCUT2D eigenvalue weighted by Crippen LogP contribution is -2.29. The van der Waals surface area contributed by atoms with Crippen LogP contribution in [0.2, 0.25) is 0 Å². The first-order chi connectivity index (χ1) is 14.7. The summed E-state index contributed by atoms with van der Waals surface area (Å²) in [6.45, 7) is 2.24. The molecule has 0 saturated heterocycles. The van der Waals surface area contributed by atoms with Crippen LogP contribution < -0.4 is 5.32 Å². The van der Waals surface area contributed by atoms with Gasteiger partial charge in [-0.15, -0.1) is 0 Å². The van der Waals surface area contributed by atoms with E-state index in [9.17, 15) is 4.79 Å². The van der Waals surface area contributed by atoms with Crippen molar-refractivity contribution in [1.29, 1.82) is 0 Å². The highest BCUT2D eigenvalue weighted by Crippen LogP contribution is 2.51. The van der Waals surface area contributed by atoms with Crippen molar-refractivity contribution in [3.05, 3.63) is 88.5 Å². The molecule has 0 spiro atoms. The summed E-state index contributed by atoms with van der Waals surface area (Å²) in [5.74, 6) is 0.533. The lowest BCUT2D eigenvalue weighted by molar-refractivity contribution is 0.0526. The zero-order valence-electron chi connectivity index (χ0n) is 17.2. The second-order valence-electron chi connectivity index (χ2n) is 8.65. The molecule has 3 aliphatic rings. The van der Waals surface area contributed by atoms with Crippen LogP contribution in [0.1, 0.15) is 57.9 Å². The minimum absolute atomic E-state index is 0.242. The van der Waals surface area contributed by atoms with E-state index < -0.39 is 0 Å². The number of nitrogens with one attached hydrogen (secondary N) is 1. The van der Waals surface area contributed by atoms with Gasteiger partial charge in [0.15, 0.2) is 0 Å². The summed E-state index contributed by atoms with van der Waals surface area (Å²) in [5, 5.41) is 6.72. The average molecular weight is 396 g/mol. The molecule has 3 atom stereocenters. The molecule has 0 amide bonds. The fourth-order valence-electron chi connectivity index (χ4n) is 5.78. The highest BCUT2D eigenvalue weighted by atomic mass is 16.5. The first-order valence-corrected chi connectivity index (χ1v) is 11.0. The van der Waals surface area contributed by atoms with Crippen molar-refractivity contribution in [2.75, 3.05) is 11.9 Å². The third-order valence-corrected chi connectivity index (χ3v) is 7.12. The first-order valence-electron chi connectivity index (χ1n) is 11.0. The molecule has 1 N–H and O–H groups in total. The van der Waals surface area contributed by atoms with E-state index in [2.05, 4.69) is 53.9 Å². The van der Waals surface area contributed by atoms with E-state index in [4.69, 9.17) is 4.74 Å². The Morgan fingerprint density at radius 3 is 2.80 bits per heavy atom. The molecule has 0 unspecified atom stereocenters. The Bertz CT molecular complexity index is 1200. The van der Waals surface area contributed by atoms with Gasteiger partial charge in [-0.2, -0.15) is 0 Å². The second-order valence-corrected chi connectivity index (χ2v) is 8.65. The molecule has 0 radical (unpaired) electrons.